The van der Waals surface area contributed by atoms with Crippen LogP contribution in [0.4, 0.5) is 0 Å². The second-order valence-corrected chi connectivity index (χ2v) is 6.91. The first-order valence-electron chi connectivity index (χ1n) is 8.35. The molecule has 0 aliphatic carbocycles. The number of H-pyrrole nitrogens is 1. The Morgan fingerprint density at radius 3 is 2.58 bits per heavy atom. The number of fused-ring (bicyclic) bond motifs is 1. The highest BCUT2D eigenvalue weighted by molar-refractivity contribution is 5.82. The lowest BCUT2D eigenvalue weighted by atomic mass is 9.96. The van der Waals surface area contributed by atoms with E-state index in [9.17, 15) is 9.59 Å². The highest BCUT2D eigenvalue weighted by Crippen LogP contribution is 2.12. The highest BCUT2D eigenvalue weighted by atomic mass is 16.2. The van der Waals surface area contributed by atoms with Crippen LogP contribution in [-0.2, 0) is 16.0 Å². The molecule has 0 saturated heterocycles. The summed E-state index contributed by atoms with van der Waals surface area (Å²) in [5.74, 6) is 0.844. The lowest BCUT2D eigenvalue weighted by molar-refractivity contribution is -0.128. The highest BCUT2D eigenvalue weighted by Gasteiger charge is 2.20. The topological polar surface area (TPSA) is 86.9 Å². The van der Waals surface area contributed by atoms with Gasteiger partial charge in [0.15, 0.2) is 0 Å². The Kier molecular flexibility index (Phi) is 5.95. The van der Waals surface area contributed by atoms with E-state index < -0.39 is 5.41 Å². The van der Waals surface area contributed by atoms with Crippen molar-refractivity contribution in [1.82, 2.24) is 20.6 Å². The largest absolute Gasteiger partial charge is 0.356 e. The minimum atomic E-state index is -0.428. The van der Waals surface area contributed by atoms with Crippen molar-refractivity contribution in [3.63, 3.8) is 0 Å². The summed E-state index contributed by atoms with van der Waals surface area (Å²) in [4.78, 5) is 31.2. The number of carbonyl (C=O) groups is 2. The Labute approximate surface area is 142 Å². The van der Waals surface area contributed by atoms with Crippen LogP contribution in [-0.4, -0.2) is 34.9 Å². The first-order chi connectivity index (χ1) is 11.4. The van der Waals surface area contributed by atoms with Gasteiger partial charge in [-0.2, -0.15) is 0 Å². The Balaban J connectivity index is 1.61. The van der Waals surface area contributed by atoms with Crippen molar-refractivity contribution in [3.8, 4) is 0 Å². The number of rotatable bonds is 7. The van der Waals surface area contributed by atoms with E-state index in [1.54, 1.807) is 0 Å². The molecule has 0 bridgehead atoms. The number of aromatic nitrogens is 2. The molecule has 0 unspecified atom stereocenters. The molecule has 24 heavy (non-hydrogen) atoms. The second-order valence-electron chi connectivity index (χ2n) is 6.91. The van der Waals surface area contributed by atoms with Crippen molar-refractivity contribution < 1.29 is 9.59 Å². The zero-order valence-corrected chi connectivity index (χ0v) is 14.6. The molecule has 130 valence electrons. The fourth-order valence-electron chi connectivity index (χ4n) is 2.25. The van der Waals surface area contributed by atoms with Gasteiger partial charge in [-0.1, -0.05) is 32.9 Å². The fraction of sp³-hybridized carbons (Fsp3) is 0.500. The first-order valence-corrected chi connectivity index (χ1v) is 8.35. The van der Waals surface area contributed by atoms with Gasteiger partial charge in [0, 0.05) is 31.3 Å². The summed E-state index contributed by atoms with van der Waals surface area (Å²) >= 11 is 0. The summed E-state index contributed by atoms with van der Waals surface area (Å²) in [7, 11) is 0. The van der Waals surface area contributed by atoms with Gasteiger partial charge in [0.25, 0.3) is 0 Å². The summed E-state index contributed by atoms with van der Waals surface area (Å²) in [6.07, 6.45) is 1.90. The number of amides is 2. The summed E-state index contributed by atoms with van der Waals surface area (Å²) < 4.78 is 0. The van der Waals surface area contributed by atoms with Gasteiger partial charge in [0.05, 0.1) is 11.0 Å². The number of aromatic amines is 1. The first kappa shape index (κ1) is 18.0. The predicted molar refractivity (Wildman–Crippen MR) is 94.5 cm³/mol. The molecular formula is C18H26N4O2. The summed E-state index contributed by atoms with van der Waals surface area (Å²) in [6, 6.07) is 7.91. The Morgan fingerprint density at radius 2 is 1.88 bits per heavy atom. The Bertz CT molecular complexity index is 667. The fourth-order valence-corrected chi connectivity index (χ4v) is 2.25. The number of carbonyl (C=O) groups excluding carboxylic acids is 2. The number of nitrogens with zero attached hydrogens (tertiary/aromatic N) is 1. The molecule has 6 heteroatoms. The van der Waals surface area contributed by atoms with E-state index in [-0.39, 0.29) is 11.8 Å². The van der Waals surface area contributed by atoms with E-state index in [1.807, 2.05) is 45.0 Å². The summed E-state index contributed by atoms with van der Waals surface area (Å²) in [5.41, 5.74) is 1.57. The van der Waals surface area contributed by atoms with Crippen LogP contribution in [0.2, 0.25) is 0 Å². The lowest BCUT2D eigenvalue weighted by Gasteiger charge is -2.17. The number of imidazole rings is 1. The van der Waals surface area contributed by atoms with Gasteiger partial charge in [0.1, 0.15) is 5.82 Å². The van der Waals surface area contributed by atoms with Gasteiger partial charge in [-0.3, -0.25) is 9.59 Å². The van der Waals surface area contributed by atoms with Crippen molar-refractivity contribution in [3.05, 3.63) is 30.1 Å². The Hall–Kier alpha value is -2.37. The molecule has 1 aromatic carbocycles. The molecule has 1 aromatic heterocycles. The van der Waals surface area contributed by atoms with Crippen molar-refractivity contribution >= 4 is 22.8 Å². The monoisotopic (exact) mass is 330 g/mol. The van der Waals surface area contributed by atoms with Crippen molar-refractivity contribution in [2.75, 3.05) is 13.1 Å². The van der Waals surface area contributed by atoms with E-state index >= 15 is 0 Å². The lowest BCUT2D eigenvalue weighted by Crippen LogP contribution is -2.37. The van der Waals surface area contributed by atoms with E-state index in [0.29, 0.717) is 19.5 Å². The maximum atomic E-state index is 11.7. The van der Waals surface area contributed by atoms with E-state index in [1.165, 1.54) is 0 Å². The molecule has 1 heterocycles. The SMILES string of the molecule is CC(C)(C)C(=O)NCCC(=O)NCCCc1nc2ccccc2[nH]1. The minimum Gasteiger partial charge on any atom is -0.356 e. The molecule has 3 N–H and O–H groups in total. The average Bonchev–Trinajstić information content (AvgIpc) is 2.93. The Morgan fingerprint density at radius 1 is 1.12 bits per heavy atom. The second kappa shape index (κ2) is 7.95. The van der Waals surface area contributed by atoms with Crippen LogP contribution < -0.4 is 10.6 Å². The summed E-state index contributed by atoms with van der Waals surface area (Å²) in [6.45, 7) is 6.51. The smallest absolute Gasteiger partial charge is 0.225 e. The maximum Gasteiger partial charge on any atom is 0.225 e. The number of aryl methyl sites for hydroxylation is 1. The van der Waals surface area contributed by atoms with Gasteiger partial charge < -0.3 is 15.6 Å². The molecule has 2 amide bonds. The number of hydrogen-bond acceptors (Lipinski definition) is 3. The predicted octanol–water partition coefficient (Wildman–Crippen LogP) is 2.16. The molecule has 0 aliphatic rings. The van der Waals surface area contributed by atoms with Crippen LogP contribution in [0.25, 0.3) is 11.0 Å². The number of para-hydroxylation sites is 2. The zero-order valence-electron chi connectivity index (χ0n) is 14.6. The number of benzene rings is 1. The van der Waals surface area contributed by atoms with Crippen LogP contribution in [0.3, 0.4) is 0 Å². The third-order valence-electron chi connectivity index (χ3n) is 3.67. The molecule has 0 saturated carbocycles. The number of nitrogens with one attached hydrogen (secondary N) is 3. The molecule has 6 nitrogen and oxygen atoms in total. The normalized spacial score (nSPS) is 11.5. The molecule has 0 atom stereocenters. The molecular weight excluding hydrogens is 304 g/mol. The van der Waals surface area contributed by atoms with Crippen LogP contribution >= 0.6 is 0 Å². The van der Waals surface area contributed by atoms with Gasteiger partial charge >= 0.3 is 0 Å². The molecule has 0 radical (unpaired) electrons. The van der Waals surface area contributed by atoms with E-state index in [4.69, 9.17) is 0 Å². The molecule has 0 fully saturated rings. The van der Waals surface area contributed by atoms with Gasteiger partial charge in [-0.15, -0.1) is 0 Å². The molecule has 0 spiro atoms. The average molecular weight is 330 g/mol. The molecule has 2 aromatic rings. The quantitative estimate of drug-likeness (QED) is 0.680. The van der Waals surface area contributed by atoms with E-state index in [0.717, 1.165) is 29.7 Å². The van der Waals surface area contributed by atoms with Crippen LogP contribution in [0.15, 0.2) is 24.3 Å². The molecule has 2 rings (SSSR count). The van der Waals surface area contributed by atoms with Gasteiger partial charge in [-0.05, 0) is 18.6 Å². The minimum absolute atomic E-state index is 0.0415. The maximum absolute atomic E-state index is 11.7. The number of hydrogen-bond donors (Lipinski definition) is 3. The zero-order chi connectivity index (χ0) is 17.6. The van der Waals surface area contributed by atoms with Crippen LogP contribution in [0, 0.1) is 5.41 Å². The van der Waals surface area contributed by atoms with Crippen molar-refractivity contribution in [2.45, 2.75) is 40.0 Å². The standard InChI is InChI=1S/C18H26N4O2/c1-18(2,3)17(24)20-12-10-16(23)19-11-6-9-15-21-13-7-4-5-8-14(13)22-15/h4-5,7-8H,6,9-12H2,1-3H3,(H,19,23)(H,20,24)(H,21,22). The molecule has 0 aliphatic heterocycles. The van der Waals surface area contributed by atoms with E-state index in [2.05, 4.69) is 20.6 Å². The van der Waals surface area contributed by atoms with Crippen LogP contribution in [0.1, 0.15) is 39.4 Å². The van der Waals surface area contributed by atoms with Crippen molar-refractivity contribution in [2.24, 2.45) is 5.41 Å². The van der Waals surface area contributed by atoms with Gasteiger partial charge in [0.2, 0.25) is 11.8 Å². The third-order valence-corrected chi connectivity index (χ3v) is 3.67. The van der Waals surface area contributed by atoms with Gasteiger partial charge in [-0.25, -0.2) is 4.98 Å². The van der Waals surface area contributed by atoms with Crippen LogP contribution in [0.5, 0.6) is 0 Å². The third kappa shape index (κ3) is 5.37. The summed E-state index contributed by atoms with van der Waals surface area (Å²) in [5, 5.41) is 5.64. The van der Waals surface area contributed by atoms with Crippen molar-refractivity contribution in [1.29, 1.82) is 0 Å².